The third-order valence-corrected chi connectivity index (χ3v) is 2.25. The van der Waals surface area contributed by atoms with E-state index >= 15 is 0 Å². The zero-order valence-electron chi connectivity index (χ0n) is 9.50. The standard InChI is InChI=1S/C10H16O6/c1-5-10(16-7(3)12)8(15-6(2)11)4-9(13)14-5/h5,8-10,13H,4H2,1-3H3/t5-,8-,9+,10-/m0/s1. The second-order valence-corrected chi connectivity index (χ2v) is 3.75. The second kappa shape index (κ2) is 5.27. The van der Waals surface area contributed by atoms with Crippen LogP contribution in [0.25, 0.3) is 0 Å². The lowest BCUT2D eigenvalue weighted by molar-refractivity contribution is -0.241. The summed E-state index contributed by atoms with van der Waals surface area (Å²) in [4.78, 5) is 21.8. The molecular weight excluding hydrogens is 216 g/mol. The first kappa shape index (κ1) is 12.9. The van der Waals surface area contributed by atoms with E-state index in [0.29, 0.717) is 0 Å². The van der Waals surface area contributed by atoms with Crippen molar-refractivity contribution in [3.8, 4) is 0 Å². The maximum Gasteiger partial charge on any atom is 0.303 e. The van der Waals surface area contributed by atoms with Gasteiger partial charge in [-0.15, -0.1) is 0 Å². The van der Waals surface area contributed by atoms with Crippen LogP contribution in [0.3, 0.4) is 0 Å². The number of hydrogen-bond donors (Lipinski definition) is 1. The topological polar surface area (TPSA) is 82.1 Å². The van der Waals surface area contributed by atoms with Crippen LogP contribution >= 0.6 is 0 Å². The number of aliphatic hydroxyl groups is 1. The van der Waals surface area contributed by atoms with E-state index in [0.717, 1.165) is 0 Å². The lowest BCUT2D eigenvalue weighted by Crippen LogP contribution is -2.50. The van der Waals surface area contributed by atoms with Gasteiger partial charge in [-0.3, -0.25) is 9.59 Å². The van der Waals surface area contributed by atoms with Crippen molar-refractivity contribution in [2.45, 2.75) is 51.8 Å². The summed E-state index contributed by atoms with van der Waals surface area (Å²) in [7, 11) is 0. The Morgan fingerprint density at radius 1 is 1.25 bits per heavy atom. The van der Waals surface area contributed by atoms with Gasteiger partial charge in [0.05, 0.1) is 6.10 Å². The summed E-state index contributed by atoms with van der Waals surface area (Å²) in [6.07, 6.45) is -2.77. The molecule has 16 heavy (non-hydrogen) atoms. The van der Waals surface area contributed by atoms with Crippen LogP contribution in [0.2, 0.25) is 0 Å². The minimum Gasteiger partial charge on any atom is -0.458 e. The Hall–Kier alpha value is -1.14. The highest BCUT2D eigenvalue weighted by Crippen LogP contribution is 2.24. The number of carbonyl (C=O) groups is 2. The van der Waals surface area contributed by atoms with Gasteiger partial charge >= 0.3 is 11.9 Å². The van der Waals surface area contributed by atoms with E-state index in [1.165, 1.54) is 13.8 Å². The van der Waals surface area contributed by atoms with Crippen molar-refractivity contribution in [2.24, 2.45) is 0 Å². The van der Waals surface area contributed by atoms with Gasteiger partial charge in [-0.25, -0.2) is 0 Å². The Labute approximate surface area is 93.5 Å². The van der Waals surface area contributed by atoms with E-state index in [9.17, 15) is 14.7 Å². The molecule has 0 aromatic rings. The van der Waals surface area contributed by atoms with Gasteiger partial charge in [-0.2, -0.15) is 0 Å². The Kier molecular flexibility index (Phi) is 4.26. The fourth-order valence-electron chi connectivity index (χ4n) is 1.71. The molecule has 0 aromatic carbocycles. The quantitative estimate of drug-likeness (QED) is 0.674. The molecule has 0 amide bonds. The molecule has 1 rings (SSSR count). The van der Waals surface area contributed by atoms with Gasteiger partial charge in [-0.1, -0.05) is 0 Å². The summed E-state index contributed by atoms with van der Waals surface area (Å²) < 4.78 is 15.1. The van der Waals surface area contributed by atoms with Crippen LogP contribution in [0.15, 0.2) is 0 Å². The largest absolute Gasteiger partial charge is 0.458 e. The third-order valence-electron chi connectivity index (χ3n) is 2.25. The van der Waals surface area contributed by atoms with Crippen LogP contribution in [0.5, 0.6) is 0 Å². The predicted molar refractivity (Wildman–Crippen MR) is 52.3 cm³/mol. The van der Waals surface area contributed by atoms with Crippen LogP contribution < -0.4 is 0 Å². The van der Waals surface area contributed by atoms with Crippen molar-refractivity contribution in [2.75, 3.05) is 0 Å². The van der Waals surface area contributed by atoms with Crippen molar-refractivity contribution in [1.29, 1.82) is 0 Å². The lowest BCUT2D eigenvalue weighted by Gasteiger charge is -2.37. The Morgan fingerprint density at radius 3 is 2.31 bits per heavy atom. The number of carbonyl (C=O) groups excluding carboxylic acids is 2. The second-order valence-electron chi connectivity index (χ2n) is 3.75. The van der Waals surface area contributed by atoms with E-state index in [1.807, 2.05) is 0 Å². The highest BCUT2D eigenvalue weighted by molar-refractivity contribution is 5.67. The SMILES string of the molecule is CC(=O)O[C@H]1[C@H](C)O[C@@H](O)C[C@@H]1OC(C)=O. The zero-order chi connectivity index (χ0) is 12.3. The van der Waals surface area contributed by atoms with E-state index < -0.39 is 36.5 Å². The normalized spacial score (nSPS) is 34.2. The molecule has 0 spiro atoms. The third kappa shape index (κ3) is 3.46. The van der Waals surface area contributed by atoms with E-state index in [-0.39, 0.29) is 6.42 Å². The van der Waals surface area contributed by atoms with Crippen molar-refractivity contribution in [3.05, 3.63) is 0 Å². The van der Waals surface area contributed by atoms with Gasteiger partial charge < -0.3 is 19.3 Å². The van der Waals surface area contributed by atoms with Gasteiger partial charge in [0, 0.05) is 20.3 Å². The maximum absolute atomic E-state index is 10.9. The van der Waals surface area contributed by atoms with Gasteiger partial charge in [0.15, 0.2) is 12.4 Å². The summed E-state index contributed by atoms with van der Waals surface area (Å²) in [5.74, 6) is -0.961. The van der Waals surface area contributed by atoms with E-state index in [4.69, 9.17) is 14.2 Å². The van der Waals surface area contributed by atoms with E-state index in [2.05, 4.69) is 0 Å². The van der Waals surface area contributed by atoms with Crippen molar-refractivity contribution < 1.29 is 28.9 Å². The average Bonchev–Trinajstić information content (AvgIpc) is 2.09. The monoisotopic (exact) mass is 232 g/mol. The number of hydrogen-bond acceptors (Lipinski definition) is 6. The molecule has 0 radical (unpaired) electrons. The first-order chi connectivity index (χ1) is 7.40. The molecule has 6 nitrogen and oxygen atoms in total. The van der Waals surface area contributed by atoms with Crippen LogP contribution in [0.1, 0.15) is 27.2 Å². The molecule has 1 aliphatic rings. The molecule has 0 unspecified atom stereocenters. The molecule has 1 aliphatic heterocycles. The van der Waals surface area contributed by atoms with Crippen LogP contribution in [0, 0.1) is 0 Å². The number of aliphatic hydroxyl groups excluding tert-OH is 1. The summed E-state index contributed by atoms with van der Waals surface area (Å²) in [6.45, 7) is 4.17. The molecule has 0 aliphatic carbocycles. The molecule has 1 saturated heterocycles. The summed E-state index contributed by atoms with van der Waals surface area (Å²) in [5.41, 5.74) is 0. The lowest BCUT2D eigenvalue weighted by atomic mass is 10.0. The fraction of sp³-hybridized carbons (Fsp3) is 0.800. The minimum atomic E-state index is -1.01. The molecule has 4 atom stereocenters. The van der Waals surface area contributed by atoms with Gasteiger partial charge in [-0.05, 0) is 6.92 Å². The van der Waals surface area contributed by atoms with Crippen molar-refractivity contribution in [3.63, 3.8) is 0 Å². The first-order valence-electron chi connectivity index (χ1n) is 5.08. The zero-order valence-corrected chi connectivity index (χ0v) is 9.50. The number of rotatable bonds is 2. The minimum absolute atomic E-state index is 0.0991. The molecule has 1 N–H and O–H groups in total. The number of ether oxygens (including phenoxy) is 3. The average molecular weight is 232 g/mol. The summed E-state index contributed by atoms with van der Waals surface area (Å²) in [6, 6.07) is 0. The fourth-order valence-corrected chi connectivity index (χ4v) is 1.71. The first-order valence-corrected chi connectivity index (χ1v) is 5.08. The predicted octanol–water partition coefficient (Wildman–Crippen LogP) is -0.0230. The summed E-state index contributed by atoms with van der Waals surface area (Å²) >= 11 is 0. The highest BCUT2D eigenvalue weighted by Gasteiger charge is 2.40. The molecule has 0 saturated carbocycles. The van der Waals surface area contributed by atoms with Crippen LogP contribution in [-0.2, 0) is 23.8 Å². The number of esters is 2. The molecule has 92 valence electrons. The maximum atomic E-state index is 10.9. The van der Waals surface area contributed by atoms with Crippen molar-refractivity contribution in [1.82, 2.24) is 0 Å². The van der Waals surface area contributed by atoms with Gasteiger partial charge in [0.25, 0.3) is 0 Å². The van der Waals surface area contributed by atoms with Crippen LogP contribution in [-0.4, -0.2) is 41.6 Å². The Balaban J connectivity index is 2.71. The van der Waals surface area contributed by atoms with E-state index in [1.54, 1.807) is 6.92 Å². The molecule has 1 heterocycles. The van der Waals surface area contributed by atoms with Crippen molar-refractivity contribution >= 4 is 11.9 Å². The van der Waals surface area contributed by atoms with Crippen LogP contribution in [0.4, 0.5) is 0 Å². The summed E-state index contributed by atoms with van der Waals surface area (Å²) in [5, 5.41) is 9.36. The van der Waals surface area contributed by atoms with Gasteiger partial charge in [0.2, 0.25) is 0 Å². The van der Waals surface area contributed by atoms with Gasteiger partial charge in [0.1, 0.15) is 6.10 Å². The Bertz CT molecular complexity index is 276. The highest BCUT2D eigenvalue weighted by atomic mass is 16.7. The molecular formula is C10H16O6. The molecule has 0 bridgehead atoms. The molecule has 0 aromatic heterocycles. The molecule has 6 heteroatoms. The Morgan fingerprint density at radius 2 is 1.81 bits per heavy atom. The smallest absolute Gasteiger partial charge is 0.303 e. The molecule has 1 fully saturated rings.